The fourth-order valence-corrected chi connectivity index (χ4v) is 3.34. The molecule has 0 unspecified atom stereocenters. The van der Waals surface area contributed by atoms with Crippen molar-refractivity contribution in [1.29, 1.82) is 0 Å². The molecule has 29 heavy (non-hydrogen) atoms. The van der Waals surface area contributed by atoms with Crippen molar-refractivity contribution < 1.29 is 22.7 Å². The van der Waals surface area contributed by atoms with E-state index in [1.54, 1.807) is 0 Å². The molecule has 0 radical (unpaired) electrons. The van der Waals surface area contributed by atoms with E-state index in [0.717, 1.165) is 31.9 Å². The van der Waals surface area contributed by atoms with Gasteiger partial charge >= 0.3 is 12.3 Å². The average Bonchev–Trinajstić information content (AvgIpc) is 3.17. The third-order valence-corrected chi connectivity index (χ3v) is 4.98. The molecule has 1 heterocycles. The van der Waals surface area contributed by atoms with Crippen molar-refractivity contribution in [3.63, 3.8) is 0 Å². The van der Waals surface area contributed by atoms with Gasteiger partial charge in [-0.25, -0.2) is 14.8 Å². The zero-order valence-corrected chi connectivity index (χ0v) is 16.5. The van der Waals surface area contributed by atoms with E-state index in [4.69, 9.17) is 27.9 Å². The summed E-state index contributed by atoms with van der Waals surface area (Å²) in [4.78, 5) is 19.1. The fraction of sp³-hybridized carbons (Fsp3) is 0.389. The summed E-state index contributed by atoms with van der Waals surface area (Å²) < 4.78 is 45.1. The monoisotopic (exact) mass is 448 g/mol. The first-order valence-electron chi connectivity index (χ1n) is 8.84. The first-order chi connectivity index (χ1) is 13.7. The van der Waals surface area contributed by atoms with E-state index in [9.17, 15) is 18.0 Å². The Balaban J connectivity index is 1.75. The van der Waals surface area contributed by atoms with Crippen molar-refractivity contribution in [3.8, 4) is 5.75 Å². The molecule has 0 spiro atoms. The van der Waals surface area contributed by atoms with Gasteiger partial charge in [0.25, 0.3) is 0 Å². The molecule has 156 valence electrons. The fourth-order valence-electron chi connectivity index (χ4n) is 3.00. The number of alkyl halides is 3. The van der Waals surface area contributed by atoms with Crippen LogP contribution in [-0.2, 0) is 6.18 Å². The number of hydrogen-bond acceptors (Lipinski definition) is 5. The smallest absolute Gasteiger partial charge is 0.406 e. The number of aromatic nitrogens is 2. The van der Waals surface area contributed by atoms with Crippen LogP contribution in [0.25, 0.3) is 0 Å². The molecule has 2 aromatic rings. The standard InChI is InChI=1S/C18H17Cl2F3N4O2/c19-11-5-6-12(20)13(7-11)26-16-24-9-14(15(27-16)18(21,22)23)29-17(28)25-8-10-3-1-2-4-10/h5-7,9-10H,1-4,8H2,(H,25,28)(H,24,26,27). The van der Waals surface area contributed by atoms with Crippen molar-refractivity contribution >= 4 is 40.9 Å². The Kier molecular flexibility index (Phi) is 6.69. The second-order valence-electron chi connectivity index (χ2n) is 6.57. The van der Waals surface area contributed by atoms with Gasteiger partial charge in [-0.05, 0) is 37.0 Å². The van der Waals surface area contributed by atoms with Crippen molar-refractivity contribution in [2.75, 3.05) is 11.9 Å². The highest BCUT2D eigenvalue weighted by Gasteiger charge is 2.38. The Morgan fingerprint density at radius 2 is 1.97 bits per heavy atom. The summed E-state index contributed by atoms with van der Waals surface area (Å²) in [7, 11) is 0. The molecule has 1 amide bonds. The van der Waals surface area contributed by atoms with Crippen LogP contribution in [0.1, 0.15) is 31.4 Å². The molecule has 1 saturated carbocycles. The third-order valence-electron chi connectivity index (χ3n) is 4.41. The van der Waals surface area contributed by atoms with Gasteiger partial charge in [0, 0.05) is 11.6 Å². The number of ether oxygens (including phenoxy) is 1. The molecular weight excluding hydrogens is 432 g/mol. The first-order valence-corrected chi connectivity index (χ1v) is 9.60. The second-order valence-corrected chi connectivity index (χ2v) is 7.42. The average molecular weight is 449 g/mol. The zero-order chi connectivity index (χ0) is 21.0. The largest absolute Gasteiger partial charge is 0.437 e. The van der Waals surface area contributed by atoms with Crippen LogP contribution in [-0.4, -0.2) is 22.6 Å². The third kappa shape index (κ3) is 5.86. The van der Waals surface area contributed by atoms with E-state index in [1.165, 1.54) is 18.2 Å². The summed E-state index contributed by atoms with van der Waals surface area (Å²) in [6.07, 6.45) is -0.945. The van der Waals surface area contributed by atoms with Gasteiger partial charge in [0.15, 0.2) is 11.4 Å². The van der Waals surface area contributed by atoms with E-state index >= 15 is 0 Å². The molecule has 0 aliphatic heterocycles. The number of hydrogen-bond donors (Lipinski definition) is 2. The van der Waals surface area contributed by atoms with Crippen LogP contribution < -0.4 is 15.4 Å². The molecule has 1 aliphatic rings. The van der Waals surface area contributed by atoms with Crippen molar-refractivity contribution in [3.05, 3.63) is 40.1 Å². The number of anilines is 2. The van der Waals surface area contributed by atoms with Crippen molar-refractivity contribution in [2.24, 2.45) is 5.92 Å². The number of benzene rings is 1. The maximum Gasteiger partial charge on any atom is 0.437 e. The van der Waals surface area contributed by atoms with Gasteiger partial charge in [-0.2, -0.15) is 13.2 Å². The number of rotatable bonds is 5. The van der Waals surface area contributed by atoms with Crippen LogP contribution >= 0.6 is 23.2 Å². The normalized spacial score (nSPS) is 14.7. The van der Waals surface area contributed by atoms with Crippen LogP contribution in [0.4, 0.5) is 29.6 Å². The molecule has 0 saturated heterocycles. The Morgan fingerprint density at radius 3 is 2.66 bits per heavy atom. The maximum absolute atomic E-state index is 13.4. The molecular formula is C18H17Cl2F3N4O2. The van der Waals surface area contributed by atoms with Gasteiger partial charge in [-0.1, -0.05) is 36.0 Å². The zero-order valence-electron chi connectivity index (χ0n) is 15.0. The van der Waals surface area contributed by atoms with E-state index in [-0.39, 0.29) is 16.7 Å². The number of nitrogens with one attached hydrogen (secondary N) is 2. The van der Waals surface area contributed by atoms with Gasteiger partial charge in [0.2, 0.25) is 5.95 Å². The SMILES string of the molecule is O=C(NCC1CCCC1)Oc1cnc(Nc2cc(Cl)ccc2Cl)nc1C(F)(F)F. The molecule has 1 fully saturated rings. The Labute approximate surface area is 174 Å². The highest BCUT2D eigenvalue weighted by Crippen LogP contribution is 2.36. The highest BCUT2D eigenvalue weighted by molar-refractivity contribution is 6.35. The van der Waals surface area contributed by atoms with Gasteiger partial charge in [0.1, 0.15) is 0 Å². The molecule has 6 nitrogen and oxygen atoms in total. The van der Waals surface area contributed by atoms with Crippen molar-refractivity contribution in [2.45, 2.75) is 31.9 Å². The minimum absolute atomic E-state index is 0.221. The molecule has 0 bridgehead atoms. The Morgan fingerprint density at radius 1 is 1.24 bits per heavy atom. The van der Waals surface area contributed by atoms with Gasteiger partial charge < -0.3 is 15.4 Å². The second kappa shape index (κ2) is 9.04. The lowest BCUT2D eigenvalue weighted by Gasteiger charge is -2.15. The summed E-state index contributed by atoms with van der Waals surface area (Å²) in [6.45, 7) is 0.355. The summed E-state index contributed by atoms with van der Waals surface area (Å²) in [6, 6.07) is 4.42. The van der Waals surface area contributed by atoms with Crippen LogP contribution in [0.2, 0.25) is 10.0 Å². The molecule has 11 heteroatoms. The van der Waals surface area contributed by atoms with Gasteiger partial charge in [0.05, 0.1) is 16.9 Å². The van der Waals surface area contributed by atoms with Gasteiger partial charge in [-0.3, -0.25) is 0 Å². The molecule has 1 aromatic carbocycles. The number of amides is 1. The maximum atomic E-state index is 13.4. The number of nitrogens with zero attached hydrogens (tertiary/aromatic N) is 2. The lowest BCUT2D eigenvalue weighted by Crippen LogP contribution is -2.31. The molecule has 0 atom stereocenters. The van der Waals surface area contributed by atoms with Gasteiger partial charge in [-0.15, -0.1) is 0 Å². The van der Waals surface area contributed by atoms with Crippen molar-refractivity contribution in [1.82, 2.24) is 15.3 Å². The van der Waals surface area contributed by atoms with E-state index < -0.39 is 23.7 Å². The molecule has 1 aromatic heterocycles. The van der Waals surface area contributed by atoms with Crippen LogP contribution in [0, 0.1) is 5.92 Å². The quantitative estimate of drug-likeness (QED) is 0.601. The summed E-state index contributed by atoms with van der Waals surface area (Å²) in [5.41, 5.74) is -1.15. The number of carbonyl (C=O) groups excluding carboxylic acids is 1. The van der Waals surface area contributed by atoms with Crippen LogP contribution in [0.3, 0.4) is 0 Å². The van der Waals surface area contributed by atoms with E-state index in [1.807, 2.05) is 0 Å². The van der Waals surface area contributed by atoms with Crippen LogP contribution in [0.5, 0.6) is 5.75 Å². The minimum Gasteiger partial charge on any atom is -0.406 e. The lowest BCUT2D eigenvalue weighted by atomic mass is 10.1. The Hall–Kier alpha value is -2.26. The Bertz CT molecular complexity index is 890. The summed E-state index contributed by atoms with van der Waals surface area (Å²) >= 11 is 11.9. The lowest BCUT2D eigenvalue weighted by molar-refractivity contribution is -0.142. The van der Waals surface area contributed by atoms with E-state index in [0.29, 0.717) is 17.5 Å². The number of halogens is 5. The summed E-state index contributed by atoms with van der Waals surface area (Å²) in [5.74, 6) is -0.848. The predicted molar refractivity (Wildman–Crippen MR) is 103 cm³/mol. The molecule has 1 aliphatic carbocycles. The predicted octanol–water partition coefficient (Wildman–Crippen LogP) is 5.82. The topological polar surface area (TPSA) is 76.1 Å². The minimum atomic E-state index is -4.86. The molecule has 3 rings (SSSR count). The van der Waals surface area contributed by atoms with Crippen LogP contribution in [0.15, 0.2) is 24.4 Å². The summed E-state index contributed by atoms with van der Waals surface area (Å²) in [5, 5.41) is 5.61. The molecule has 2 N–H and O–H groups in total. The number of carbonyl (C=O) groups is 1. The highest BCUT2D eigenvalue weighted by atomic mass is 35.5. The van der Waals surface area contributed by atoms with E-state index in [2.05, 4.69) is 20.6 Å². The first kappa shape index (κ1) is 21.4.